The van der Waals surface area contributed by atoms with Crippen molar-refractivity contribution < 1.29 is 22.3 Å². The number of ether oxygens (including phenoxy) is 1. The molecule has 0 radical (unpaired) electrons. The second-order valence-electron chi connectivity index (χ2n) is 5.56. The summed E-state index contributed by atoms with van der Waals surface area (Å²) in [4.78, 5) is 5.80. The Bertz CT molecular complexity index is 955. The molecule has 1 fully saturated rings. The van der Waals surface area contributed by atoms with E-state index in [2.05, 4.69) is 4.98 Å². The van der Waals surface area contributed by atoms with Gasteiger partial charge in [0.2, 0.25) is 0 Å². The molecule has 0 spiro atoms. The molecule has 3 nitrogen and oxygen atoms in total. The van der Waals surface area contributed by atoms with Gasteiger partial charge in [-0.25, -0.2) is 22.5 Å². The maximum atomic E-state index is 14.5. The number of anilines is 1. The molecule has 0 atom stereocenters. The van der Waals surface area contributed by atoms with Crippen LogP contribution >= 0.6 is 0 Å². The van der Waals surface area contributed by atoms with Crippen molar-refractivity contribution in [1.82, 2.24) is 4.98 Å². The van der Waals surface area contributed by atoms with Crippen molar-refractivity contribution in [2.75, 3.05) is 31.2 Å². The molecule has 7 heteroatoms. The third kappa shape index (κ3) is 2.11. The number of benzene rings is 2. The van der Waals surface area contributed by atoms with Gasteiger partial charge in [-0.2, -0.15) is 0 Å². The highest BCUT2D eigenvalue weighted by Gasteiger charge is 2.27. The molecular formula is C17H12F4N2O. The van der Waals surface area contributed by atoms with Crippen LogP contribution in [0.3, 0.4) is 0 Å². The molecule has 2 heterocycles. The van der Waals surface area contributed by atoms with Crippen LogP contribution in [0.15, 0.2) is 24.3 Å². The number of rotatable bonds is 1. The summed E-state index contributed by atoms with van der Waals surface area (Å²) in [5.74, 6) is -6.59. The van der Waals surface area contributed by atoms with E-state index in [4.69, 9.17) is 4.74 Å². The normalized spacial score (nSPS) is 15.4. The van der Waals surface area contributed by atoms with Gasteiger partial charge in [0.15, 0.2) is 23.3 Å². The van der Waals surface area contributed by atoms with Crippen LogP contribution in [0.1, 0.15) is 0 Å². The van der Waals surface area contributed by atoms with E-state index in [1.54, 1.807) is 29.2 Å². The molecule has 24 heavy (non-hydrogen) atoms. The van der Waals surface area contributed by atoms with Gasteiger partial charge in [0.25, 0.3) is 0 Å². The zero-order valence-corrected chi connectivity index (χ0v) is 12.5. The van der Waals surface area contributed by atoms with Gasteiger partial charge in [0, 0.05) is 18.5 Å². The van der Waals surface area contributed by atoms with Crippen molar-refractivity contribution in [3.05, 3.63) is 47.5 Å². The summed E-state index contributed by atoms with van der Waals surface area (Å²) in [5, 5.41) is 0.211. The lowest BCUT2D eigenvalue weighted by Gasteiger charge is -2.31. The van der Waals surface area contributed by atoms with Crippen LogP contribution in [0.2, 0.25) is 0 Å². The average Bonchev–Trinajstić information content (AvgIpc) is 2.63. The van der Waals surface area contributed by atoms with Gasteiger partial charge in [-0.05, 0) is 6.07 Å². The molecule has 124 valence electrons. The van der Waals surface area contributed by atoms with Crippen LogP contribution < -0.4 is 4.90 Å². The number of para-hydroxylation sites is 1. The summed E-state index contributed by atoms with van der Waals surface area (Å²) in [7, 11) is 0. The SMILES string of the molecule is Fc1c(F)c(F)c2c(N3CCOCC3)c3ccccc3nc2c1F. The molecule has 3 aromatic rings. The first-order valence-electron chi connectivity index (χ1n) is 7.46. The fourth-order valence-corrected chi connectivity index (χ4v) is 3.08. The fourth-order valence-electron chi connectivity index (χ4n) is 3.08. The van der Waals surface area contributed by atoms with E-state index in [-0.39, 0.29) is 5.39 Å². The lowest BCUT2D eigenvalue weighted by atomic mass is 10.0. The Morgan fingerprint density at radius 1 is 0.875 bits per heavy atom. The van der Waals surface area contributed by atoms with Crippen molar-refractivity contribution in [3.63, 3.8) is 0 Å². The number of morpholine rings is 1. The maximum absolute atomic E-state index is 14.5. The quantitative estimate of drug-likeness (QED) is 0.293. The molecule has 1 saturated heterocycles. The molecular weight excluding hydrogens is 324 g/mol. The summed E-state index contributed by atoms with van der Waals surface area (Å²) in [5.41, 5.74) is 0.191. The minimum atomic E-state index is -1.85. The van der Waals surface area contributed by atoms with Crippen molar-refractivity contribution in [3.8, 4) is 0 Å². The van der Waals surface area contributed by atoms with Gasteiger partial charge in [-0.15, -0.1) is 0 Å². The van der Waals surface area contributed by atoms with Crippen molar-refractivity contribution in [1.29, 1.82) is 0 Å². The molecule has 0 amide bonds. The average molecular weight is 336 g/mol. The number of pyridine rings is 1. The Morgan fingerprint density at radius 3 is 2.29 bits per heavy atom. The van der Waals surface area contributed by atoms with Crippen LogP contribution in [-0.2, 0) is 4.74 Å². The van der Waals surface area contributed by atoms with E-state index < -0.39 is 28.8 Å². The highest BCUT2D eigenvalue weighted by Crippen LogP contribution is 2.38. The number of halogens is 4. The lowest BCUT2D eigenvalue weighted by molar-refractivity contribution is 0.123. The fraction of sp³-hybridized carbons (Fsp3) is 0.235. The first-order chi connectivity index (χ1) is 11.6. The van der Waals surface area contributed by atoms with E-state index in [1.807, 2.05) is 0 Å². The molecule has 0 aliphatic carbocycles. The van der Waals surface area contributed by atoms with Crippen LogP contribution in [0.25, 0.3) is 21.8 Å². The summed E-state index contributed by atoms with van der Waals surface area (Å²) >= 11 is 0. The van der Waals surface area contributed by atoms with Crippen molar-refractivity contribution >= 4 is 27.5 Å². The second-order valence-corrected chi connectivity index (χ2v) is 5.56. The third-order valence-corrected chi connectivity index (χ3v) is 4.20. The van der Waals surface area contributed by atoms with E-state index in [1.165, 1.54) is 0 Å². The van der Waals surface area contributed by atoms with E-state index in [0.29, 0.717) is 42.9 Å². The summed E-state index contributed by atoms with van der Waals surface area (Å²) < 4.78 is 61.5. The maximum Gasteiger partial charge on any atom is 0.199 e. The minimum absolute atomic E-state index is 0.314. The zero-order chi connectivity index (χ0) is 16.8. The second kappa shape index (κ2) is 5.59. The Balaban J connectivity index is 2.18. The monoisotopic (exact) mass is 336 g/mol. The summed E-state index contributed by atoms with van der Waals surface area (Å²) in [6, 6.07) is 6.74. The standard InChI is InChI=1S/C17H12F4N2O/c18-12-11-16(15(21)14(20)13(12)19)22-10-4-2-1-3-9(10)17(11)23-5-7-24-8-6-23/h1-4H,5-8H2. The summed E-state index contributed by atoms with van der Waals surface area (Å²) in [6.07, 6.45) is 0. The number of fused-ring (bicyclic) bond motifs is 2. The van der Waals surface area contributed by atoms with Crippen LogP contribution in [-0.4, -0.2) is 31.3 Å². The molecule has 1 aliphatic heterocycles. The largest absolute Gasteiger partial charge is 0.378 e. The molecule has 0 N–H and O–H groups in total. The first-order valence-corrected chi connectivity index (χ1v) is 7.46. The Hall–Kier alpha value is -2.41. The molecule has 4 rings (SSSR count). The molecule has 1 aliphatic rings. The van der Waals surface area contributed by atoms with E-state index >= 15 is 0 Å². The Labute approximate surface area is 134 Å². The predicted octanol–water partition coefficient (Wildman–Crippen LogP) is 3.78. The number of nitrogens with zero attached hydrogens (tertiary/aromatic N) is 2. The number of aromatic nitrogens is 1. The van der Waals surface area contributed by atoms with Gasteiger partial charge in [-0.3, -0.25) is 0 Å². The molecule has 0 bridgehead atoms. The van der Waals surface area contributed by atoms with Crippen molar-refractivity contribution in [2.45, 2.75) is 0 Å². The van der Waals surface area contributed by atoms with E-state index in [0.717, 1.165) is 0 Å². The summed E-state index contributed by atoms with van der Waals surface area (Å²) in [6.45, 7) is 1.68. The molecule has 2 aromatic carbocycles. The molecule has 1 aromatic heterocycles. The smallest absolute Gasteiger partial charge is 0.199 e. The van der Waals surface area contributed by atoms with Gasteiger partial charge >= 0.3 is 0 Å². The first kappa shape index (κ1) is 15.1. The van der Waals surface area contributed by atoms with Gasteiger partial charge in [-0.1, -0.05) is 18.2 Å². The van der Waals surface area contributed by atoms with Crippen LogP contribution in [0.5, 0.6) is 0 Å². The van der Waals surface area contributed by atoms with Crippen LogP contribution in [0.4, 0.5) is 23.2 Å². The van der Waals surface area contributed by atoms with Gasteiger partial charge < -0.3 is 9.64 Å². The highest BCUT2D eigenvalue weighted by molar-refractivity contribution is 6.08. The lowest BCUT2D eigenvalue weighted by Crippen LogP contribution is -2.36. The third-order valence-electron chi connectivity index (χ3n) is 4.20. The Morgan fingerprint density at radius 2 is 1.54 bits per heavy atom. The molecule has 0 unspecified atom stereocenters. The highest BCUT2D eigenvalue weighted by atomic mass is 19.2. The minimum Gasteiger partial charge on any atom is -0.378 e. The number of hydrogen-bond acceptors (Lipinski definition) is 3. The van der Waals surface area contributed by atoms with Crippen LogP contribution in [0, 0.1) is 23.3 Å². The van der Waals surface area contributed by atoms with Gasteiger partial charge in [0.1, 0.15) is 5.52 Å². The van der Waals surface area contributed by atoms with Crippen molar-refractivity contribution in [2.24, 2.45) is 0 Å². The van der Waals surface area contributed by atoms with Gasteiger partial charge in [0.05, 0.1) is 29.8 Å². The Kier molecular flexibility index (Phi) is 3.53. The number of hydrogen-bond donors (Lipinski definition) is 0. The predicted molar refractivity (Wildman–Crippen MR) is 82.1 cm³/mol. The topological polar surface area (TPSA) is 25.4 Å². The zero-order valence-electron chi connectivity index (χ0n) is 12.5. The molecule has 0 saturated carbocycles. The van der Waals surface area contributed by atoms with E-state index in [9.17, 15) is 17.6 Å².